The number of ether oxygens (including phenoxy) is 1. The second kappa shape index (κ2) is 8.82. The quantitative estimate of drug-likeness (QED) is 0.499. The molecule has 0 saturated heterocycles. The Morgan fingerprint density at radius 3 is 2.55 bits per heavy atom. The van der Waals surface area contributed by atoms with Crippen molar-refractivity contribution >= 4 is 11.7 Å². The zero-order valence-corrected chi connectivity index (χ0v) is 16.3. The number of aryl methyl sites for hydroxylation is 2. The van der Waals surface area contributed by atoms with Gasteiger partial charge in [-0.15, -0.1) is 0 Å². The van der Waals surface area contributed by atoms with Crippen molar-refractivity contribution in [3.63, 3.8) is 0 Å². The van der Waals surface area contributed by atoms with E-state index in [1.54, 1.807) is 0 Å². The van der Waals surface area contributed by atoms with Crippen LogP contribution < -0.4 is 10.1 Å². The Labute approximate surface area is 171 Å². The predicted molar refractivity (Wildman–Crippen MR) is 115 cm³/mol. The lowest BCUT2D eigenvalue weighted by Crippen LogP contribution is -2.07. The topological polar surface area (TPSA) is 58.6 Å². The number of hydrogen-bond donors (Lipinski definition) is 2. The number of para-hydroxylation sites is 1. The summed E-state index contributed by atoms with van der Waals surface area (Å²) in [4.78, 5) is 10.6. The van der Waals surface area contributed by atoms with Gasteiger partial charge in [0.05, 0.1) is 6.04 Å². The lowest BCUT2D eigenvalue weighted by molar-refractivity contribution is -0.137. The van der Waals surface area contributed by atoms with E-state index in [-0.39, 0.29) is 6.42 Å². The maximum Gasteiger partial charge on any atom is 0.303 e. The van der Waals surface area contributed by atoms with E-state index in [1.165, 1.54) is 16.7 Å². The third-order valence-corrected chi connectivity index (χ3v) is 5.32. The van der Waals surface area contributed by atoms with Gasteiger partial charge in [-0.2, -0.15) is 0 Å². The Morgan fingerprint density at radius 1 is 1.00 bits per heavy atom. The first-order valence-electron chi connectivity index (χ1n) is 10.1. The third kappa shape index (κ3) is 4.96. The van der Waals surface area contributed by atoms with E-state index in [0.29, 0.717) is 12.5 Å². The third-order valence-electron chi connectivity index (χ3n) is 5.32. The average Bonchev–Trinajstić information content (AvgIpc) is 3.12. The molecule has 0 fully saturated rings. The maximum atomic E-state index is 10.6. The highest BCUT2D eigenvalue weighted by atomic mass is 16.5. The Bertz CT molecular complexity index is 967. The molecule has 0 amide bonds. The first-order chi connectivity index (χ1) is 14.2. The van der Waals surface area contributed by atoms with Gasteiger partial charge in [0.2, 0.25) is 0 Å². The molecule has 4 rings (SSSR count). The average molecular weight is 387 g/mol. The summed E-state index contributed by atoms with van der Waals surface area (Å²) in [6, 6.07) is 24.8. The highest BCUT2D eigenvalue weighted by Crippen LogP contribution is 2.36. The van der Waals surface area contributed by atoms with E-state index in [2.05, 4.69) is 41.7 Å². The van der Waals surface area contributed by atoms with Crippen LogP contribution >= 0.6 is 0 Å². The van der Waals surface area contributed by atoms with Gasteiger partial charge in [0.15, 0.2) is 0 Å². The predicted octanol–water partition coefficient (Wildman–Crippen LogP) is 5.99. The summed E-state index contributed by atoms with van der Waals surface area (Å²) in [5.41, 5.74) is 4.93. The molecule has 4 nitrogen and oxygen atoms in total. The minimum absolute atomic E-state index is 0.217. The molecule has 3 aromatic carbocycles. The molecule has 2 N–H and O–H groups in total. The maximum absolute atomic E-state index is 10.6. The second-order valence-corrected chi connectivity index (χ2v) is 7.46. The van der Waals surface area contributed by atoms with Crippen LogP contribution in [0.25, 0.3) is 0 Å². The minimum atomic E-state index is -0.736. The summed E-state index contributed by atoms with van der Waals surface area (Å²) >= 11 is 0. The van der Waals surface area contributed by atoms with Crippen LogP contribution in [0.4, 0.5) is 5.69 Å². The van der Waals surface area contributed by atoms with E-state index in [0.717, 1.165) is 36.4 Å². The van der Waals surface area contributed by atoms with Crippen LogP contribution in [-0.4, -0.2) is 11.1 Å². The van der Waals surface area contributed by atoms with Gasteiger partial charge in [0.1, 0.15) is 11.5 Å². The summed E-state index contributed by atoms with van der Waals surface area (Å²) < 4.78 is 5.96. The molecular formula is C25H25NO3. The summed E-state index contributed by atoms with van der Waals surface area (Å²) in [5, 5.41) is 12.4. The Hall–Kier alpha value is -3.27. The minimum Gasteiger partial charge on any atom is -0.481 e. The molecule has 0 bridgehead atoms. The number of rotatable bonds is 8. The molecule has 0 aliphatic heterocycles. The zero-order chi connectivity index (χ0) is 20.1. The Morgan fingerprint density at radius 2 is 1.79 bits per heavy atom. The van der Waals surface area contributed by atoms with Gasteiger partial charge in [0.25, 0.3) is 0 Å². The number of benzene rings is 3. The molecule has 29 heavy (non-hydrogen) atoms. The monoisotopic (exact) mass is 387 g/mol. The summed E-state index contributed by atoms with van der Waals surface area (Å²) in [5.74, 6) is 0.991. The highest BCUT2D eigenvalue weighted by Gasteiger charge is 2.22. The number of hydrogen-bond acceptors (Lipinski definition) is 3. The normalized spacial score (nSPS) is 15.0. The molecule has 0 spiro atoms. The van der Waals surface area contributed by atoms with Gasteiger partial charge in [-0.1, -0.05) is 36.4 Å². The first kappa shape index (κ1) is 19.1. The number of anilines is 1. The number of carboxylic acid groups (broad SMARTS) is 1. The number of carboxylic acids is 1. The van der Waals surface area contributed by atoms with Crippen LogP contribution in [0.15, 0.2) is 72.8 Å². The highest BCUT2D eigenvalue weighted by molar-refractivity contribution is 5.66. The fourth-order valence-corrected chi connectivity index (χ4v) is 3.84. The molecule has 0 radical (unpaired) electrons. The van der Waals surface area contributed by atoms with Crippen molar-refractivity contribution in [2.45, 2.75) is 38.1 Å². The van der Waals surface area contributed by atoms with E-state index >= 15 is 0 Å². The summed E-state index contributed by atoms with van der Waals surface area (Å²) in [6.07, 6.45) is 3.78. The molecule has 4 heteroatoms. The van der Waals surface area contributed by atoms with Crippen LogP contribution in [0, 0.1) is 0 Å². The van der Waals surface area contributed by atoms with E-state index in [4.69, 9.17) is 9.84 Å². The van der Waals surface area contributed by atoms with Crippen LogP contribution in [0.5, 0.6) is 11.5 Å². The first-order valence-corrected chi connectivity index (χ1v) is 10.1. The van der Waals surface area contributed by atoms with Gasteiger partial charge in [-0.25, -0.2) is 0 Å². The molecule has 1 aliphatic rings. The van der Waals surface area contributed by atoms with Crippen LogP contribution in [0.3, 0.4) is 0 Å². The number of nitrogens with one attached hydrogen (secondary N) is 1. The largest absolute Gasteiger partial charge is 0.481 e. The number of fused-ring (bicyclic) bond motifs is 1. The van der Waals surface area contributed by atoms with Crippen LogP contribution in [0.1, 0.15) is 42.0 Å². The number of aliphatic carboxylic acids is 1. The van der Waals surface area contributed by atoms with Crippen molar-refractivity contribution in [3.8, 4) is 11.5 Å². The van der Waals surface area contributed by atoms with Crippen molar-refractivity contribution in [3.05, 3.63) is 89.5 Å². The van der Waals surface area contributed by atoms with E-state index in [1.807, 2.05) is 36.4 Å². The van der Waals surface area contributed by atoms with Crippen LogP contribution in [0.2, 0.25) is 0 Å². The van der Waals surface area contributed by atoms with E-state index in [9.17, 15) is 4.79 Å². The Kier molecular flexibility index (Phi) is 5.80. The molecule has 0 aromatic heterocycles. The van der Waals surface area contributed by atoms with Gasteiger partial charge < -0.3 is 15.2 Å². The fourth-order valence-electron chi connectivity index (χ4n) is 3.84. The lowest BCUT2D eigenvalue weighted by Gasteiger charge is -2.16. The van der Waals surface area contributed by atoms with Crippen molar-refractivity contribution in [1.29, 1.82) is 0 Å². The van der Waals surface area contributed by atoms with Gasteiger partial charge in [-0.3, -0.25) is 4.79 Å². The molecule has 1 atom stereocenters. The SMILES string of the molecule is O=C(O)CCCc1ccc(NC2CCc3cc(Oc4ccccc4)ccc32)cc1. The van der Waals surface area contributed by atoms with Crippen molar-refractivity contribution in [2.75, 3.05) is 5.32 Å². The molecular weight excluding hydrogens is 362 g/mol. The van der Waals surface area contributed by atoms with Crippen LogP contribution in [-0.2, 0) is 17.6 Å². The summed E-state index contributed by atoms with van der Waals surface area (Å²) in [7, 11) is 0. The Balaban J connectivity index is 1.37. The molecule has 0 saturated carbocycles. The molecule has 3 aromatic rings. The number of carbonyl (C=O) groups is 1. The summed E-state index contributed by atoms with van der Waals surface area (Å²) in [6.45, 7) is 0. The van der Waals surface area contributed by atoms with Gasteiger partial charge in [0, 0.05) is 12.1 Å². The fraction of sp³-hybridized carbons (Fsp3) is 0.240. The van der Waals surface area contributed by atoms with Crippen molar-refractivity contribution in [2.24, 2.45) is 0 Å². The molecule has 0 heterocycles. The van der Waals surface area contributed by atoms with Gasteiger partial charge >= 0.3 is 5.97 Å². The molecule has 1 unspecified atom stereocenters. The standard InChI is InChI=1S/C25H25NO3/c27-25(28)8-4-5-18-9-12-20(13-10-18)26-24-16-11-19-17-22(14-15-23(19)24)29-21-6-2-1-3-7-21/h1-3,6-7,9-10,12-15,17,24,26H,4-5,8,11,16H2,(H,27,28). The molecule has 148 valence electrons. The lowest BCUT2D eigenvalue weighted by atomic mass is 10.1. The van der Waals surface area contributed by atoms with Crippen molar-refractivity contribution in [1.82, 2.24) is 0 Å². The van der Waals surface area contributed by atoms with Gasteiger partial charge in [-0.05, 0) is 78.8 Å². The second-order valence-electron chi connectivity index (χ2n) is 7.46. The van der Waals surface area contributed by atoms with Crippen molar-refractivity contribution < 1.29 is 14.6 Å². The smallest absolute Gasteiger partial charge is 0.303 e. The zero-order valence-electron chi connectivity index (χ0n) is 16.3. The van der Waals surface area contributed by atoms with E-state index < -0.39 is 5.97 Å². The molecule has 1 aliphatic carbocycles.